The Morgan fingerprint density at radius 3 is 1.82 bits per heavy atom. The molecule has 228 valence electrons. The van der Waals surface area contributed by atoms with Gasteiger partial charge in [-0.2, -0.15) is 24.4 Å². The van der Waals surface area contributed by atoms with Crippen LogP contribution < -0.4 is 0 Å². The SMILES string of the molecule is CC1=C(CCC(=O)O)c2cc3nc(cc4[nH]c(cc5[nH]c(cc1n2)c(C)c5C1CS1)c(C)c4C(C)S)C(C)=C3CCC(=O)O. The van der Waals surface area contributed by atoms with Gasteiger partial charge in [-0.25, -0.2) is 9.97 Å². The Bertz CT molecular complexity index is 1960. The van der Waals surface area contributed by atoms with Crippen LogP contribution >= 0.6 is 24.4 Å². The highest BCUT2D eigenvalue weighted by atomic mass is 32.2. The largest absolute Gasteiger partial charge is 0.481 e. The molecule has 0 amide bonds. The van der Waals surface area contributed by atoms with Gasteiger partial charge in [-0.1, -0.05) is 0 Å². The predicted octanol–water partition coefficient (Wildman–Crippen LogP) is 8.30. The number of H-pyrrole nitrogens is 2. The Labute approximate surface area is 265 Å². The van der Waals surface area contributed by atoms with Crippen LogP contribution in [0.1, 0.15) is 102 Å². The van der Waals surface area contributed by atoms with Gasteiger partial charge in [0.1, 0.15) is 0 Å². The number of carboxylic acids is 2. The van der Waals surface area contributed by atoms with Gasteiger partial charge in [0.15, 0.2) is 0 Å². The van der Waals surface area contributed by atoms with Gasteiger partial charge in [-0.15, -0.1) is 0 Å². The van der Waals surface area contributed by atoms with Crippen molar-refractivity contribution in [3.05, 3.63) is 69.3 Å². The number of nitrogens with one attached hydrogen (secondary N) is 2. The van der Waals surface area contributed by atoms with Crippen molar-refractivity contribution in [2.24, 2.45) is 0 Å². The number of nitrogens with zero attached hydrogens (tertiary/aromatic N) is 2. The van der Waals surface area contributed by atoms with Crippen molar-refractivity contribution in [1.29, 1.82) is 0 Å². The summed E-state index contributed by atoms with van der Waals surface area (Å²) in [4.78, 5) is 40.6. The number of aryl methyl sites for hydroxylation is 2. The molecule has 0 saturated carbocycles. The summed E-state index contributed by atoms with van der Waals surface area (Å²) >= 11 is 6.77. The topological polar surface area (TPSA) is 132 Å². The first-order valence-corrected chi connectivity index (χ1v) is 16.4. The maximum absolute atomic E-state index is 11.6. The number of fused-ring (bicyclic) bond motifs is 8. The molecule has 8 nitrogen and oxygen atoms in total. The molecule has 2 atom stereocenters. The fraction of sp³-hybridized carbons (Fsp3) is 0.353. The number of carbonyl (C=O) groups is 2. The number of thioether (sulfide) groups is 1. The Balaban J connectivity index is 1.73. The number of aliphatic carboxylic acids is 2. The summed E-state index contributed by atoms with van der Waals surface area (Å²) < 4.78 is 0. The molecule has 0 spiro atoms. The maximum atomic E-state index is 11.6. The van der Waals surface area contributed by atoms with E-state index >= 15 is 0 Å². The third-order valence-corrected chi connectivity index (χ3v) is 10.0. The zero-order chi connectivity index (χ0) is 31.4. The zero-order valence-corrected chi connectivity index (χ0v) is 27.2. The molecule has 0 aliphatic carbocycles. The second-order valence-corrected chi connectivity index (χ2v) is 13.8. The number of thiol groups is 1. The highest BCUT2D eigenvalue weighted by Gasteiger charge is 2.30. The molecule has 3 aromatic rings. The summed E-state index contributed by atoms with van der Waals surface area (Å²) in [5.41, 5.74) is 15.1. The summed E-state index contributed by atoms with van der Waals surface area (Å²) in [6.07, 6.45) is 0.604. The van der Waals surface area contributed by atoms with Crippen LogP contribution in [0.15, 0.2) is 24.3 Å². The summed E-state index contributed by atoms with van der Waals surface area (Å²) in [7, 11) is 0. The lowest BCUT2D eigenvalue weighted by atomic mass is 9.98. The minimum Gasteiger partial charge on any atom is -0.481 e. The monoisotopic (exact) mass is 628 g/mol. The fourth-order valence-electron chi connectivity index (χ4n) is 6.41. The van der Waals surface area contributed by atoms with Crippen LogP contribution in [0.4, 0.5) is 0 Å². The third kappa shape index (κ3) is 5.61. The predicted molar refractivity (Wildman–Crippen MR) is 182 cm³/mol. The molecule has 6 heterocycles. The van der Waals surface area contributed by atoms with E-state index in [1.165, 1.54) is 11.1 Å². The molecular weight excluding hydrogens is 593 g/mol. The number of allylic oxidation sites excluding steroid dienone is 4. The zero-order valence-electron chi connectivity index (χ0n) is 25.5. The number of hydrogen-bond donors (Lipinski definition) is 5. The van der Waals surface area contributed by atoms with E-state index in [1.54, 1.807) is 0 Å². The second kappa shape index (κ2) is 11.6. The van der Waals surface area contributed by atoms with Gasteiger partial charge < -0.3 is 20.2 Å². The van der Waals surface area contributed by atoms with E-state index in [0.29, 0.717) is 29.5 Å². The van der Waals surface area contributed by atoms with Crippen molar-refractivity contribution < 1.29 is 19.8 Å². The highest BCUT2D eigenvalue weighted by molar-refractivity contribution is 8.06. The number of aromatic nitrogens is 4. The first-order valence-electron chi connectivity index (χ1n) is 14.8. The van der Waals surface area contributed by atoms with Crippen LogP contribution in [0.2, 0.25) is 0 Å². The van der Waals surface area contributed by atoms with E-state index in [0.717, 1.165) is 72.6 Å². The lowest BCUT2D eigenvalue weighted by Crippen LogP contribution is -1.97. The highest BCUT2D eigenvalue weighted by Crippen LogP contribution is 2.50. The smallest absolute Gasteiger partial charge is 0.303 e. The number of aromatic amines is 2. The van der Waals surface area contributed by atoms with Gasteiger partial charge in [0.2, 0.25) is 0 Å². The second-order valence-electron chi connectivity index (χ2n) is 11.8. The Kier molecular flexibility index (Phi) is 8.00. The van der Waals surface area contributed by atoms with Gasteiger partial charge in [0.25, 0.3) is 0 Å². The van der Waals surface area contributed by atoms with E-state index in [1.807, 2.05) is 37.7 Å². The first-order chi connectivity index (χ1) is 20.9. The van der Waals surface area contributed by atoms with Crippen LogP contribution in [-0.4, -0.2) is 47.8 Å². The standard InChI is InChI=1S/C34H36N4O4S2/c1-15-20(6-8-31(39)40)26-13-27-21(7-9-32(41)42)16(2)23(36-27)11-28-33(19(5)43)17(3)25(37-28)12-29-34(30-14-44-30)18(4)24(38-29)10-22(15)35-26/h10-13,19,30,37-38,43H,6-9,14H2,1-5H3,(H,39,40)(H,41,42). The fourth-order valence-corrected chi connectivity index (χ4v) is 7.47. The van der Waals surface area contributed by atoms with Crippen molar-refractivity contribution in [2.75, 3.05) is 5.75 Å². The molecule has 1 fully saturated rings. The Morgan fingerprint density at radius 1 is 0.818 bits per heavy atom. The molecule has 6 rings (SSSR count). The van der Waals surface area contributed by atoms with E-state index in [9.17, 15) is 19.8 Å². The molecule has 1 saturated heterocycles. The van der Waals surface area contributed by atoms with E-state index < -0.39 is 11.9 Å². The Hall–Kier alpha value is -3.76. The van der Waals surface area contributed by atoms with Crippen LogP contribution in [-0.2, 0) is 9.59 Å². The Morgan fingerprint density at radius 2 is 1.32 bits per heavy atom. The molecule has 3 aliphatic rings. The first kappa shape index (κ1) is 30.3. The average molecular weight is 629 g/mol. The van der Waals surface area contributed by atoms with Crippen molar-refractivity contribution in [3.63, 3.8) is 0 Å². The molecule has 0 radical (unpaired) electrons. The summed E-state index contributed by atoms with van der Waals surface area (Å²) in [6.45, 7) is 10.3. The molecule has 3 aliphatic heterocycles. The van der Waals surface area contributed by atoms with Gasteiger partial charge in [0.05, 0.1) is 22.8 Å². The number of carboxylic acid groups (broad SMARTS) is 2. The minimum atomic E-state index is -0.877. The van der Waals surface area contributed by atoms with Crippen LogP contribution in [0, 0.1) is 13.8 Å². The normalized spacial score (nSPS) is 16.9. The molecule has 10 heteroatoms. The molecule has 4 N–H and O–H groups in total. The molecule has 44 heavy (non-hydrogen) atoms. The third-order valence-electron chi connectivity index (χ3n) is 8.88. The molecule has 8 bridgehead atoms. The lowest BCUT2D eigenvalue weighted by molar-refractivity contribution is -0.137. The van der Waals surface area contributed by atoms with E-state index in [2.05, 4.69) is 42.9 Å². The molecule has 3 aromatic heterocycles. The van der Waals surface area contributed by atoms with Gasteiger partial charge >= 0.3 is 11.9 Å². The summed E-state index contributed by atoms with van der Waals surface area (Å²) in [6, 6.07) is 8.19. The van der Waals surface area contributed by atoms with Crippen molar-refractivity contribution in [1.82, 2.24) is 19.9 Å². The van der Waals surface area contributed by atoms with Crippen LogP contribution in [0.25, 0.3) is 44.4 Å². The van der Waals surface area contributed by atoms with Crippen molar-refractivity contribution in [3.8, 4) is 0 Å². The van der Waals surface area contributed by atoms with Crippen molar-refractivity contribution >= 4 is 80.7 Å². The maximum Gasteiger partial charge on any atom is 0.303 e. The van der Waals surface area contributed by atoms with Crippen LogP contribution in [0.5, 0.6) is 0 Å². The quantitative estimate of drug-likeness (QED) is 0.125. The van der Waals surface area contributed by atoms with Crippen molar-refractivity contribution in [2.45, 2.75) is 70.8 Å². The van der Waals surface area contributed by atoms with Crippen LogP contribution in [0.3, 0.4) is 0 Å². The molecular formula is C34H36N4O4S2. The number of hydrogen-bond acceptors (Lipinski definition) is 6. The lowest BCUT2D eigenvalue weighted by Gasteiger charge is -2.05. The van der Waals surface area contributed by atoms with Gasteiger partial charge in [-0.3, -0.25) is 9.59 Å². The summed E-state index contributed by atoms with van der Waals surface area (Å²) in [5, 5.41) is 19.4. The van der Waals surface area contributed by atoms with E-state index in [4.69, 9.17) is 22.6 Å². The van der Waals surface area contributed by atoms with Gasteiger partial charge in [-0.05, 0) is 116 Å². The average Bonchev–Trinajstić information content (AvgIpc) is 3.49. The summed E-state index contributed by atoms with van der Waals surface area (Å²) in [5.74, 6) is -0.665. The molecule has 0 aromatic carbocycles. The van der Waals surface area contributed by atoms with E-state index in [-0.39, 0.29) is 18.1 Å². The minimum absolute atomic E-state index is 0.0200. The molecule has 2 unspecified atom stereocenters. The number of rotatable bonds is 8. The van der Waals surface area contributed by atoms with Gasteiger partial charge in [0, 0.05) is 51.2 Å².